The van der Waals surface area contributed by atoms with E-state index in [4.69, 9.17) is 23.3 Å². The highest BCUT2D eigenvalue weighted by atomic mass is 31.2. The number of aliphatic hydroxyl groups excluding tert-OH is 1. The summed E-state index contributed by atoms with van der Waals surface area (Å²) in [6, 6.07) is 0. The Balaban J connectivity index is 4.75. The van der Waals surface area contributed by atoms with E-state index in [9.17, 15) is 28.9 Å². The molecule has 0 bridgehead atoms. The van der Waals surface area contributed by atoms with Crippen molar-refractivity contribution in [2.45, 2.75) is 290 Å². The van der Waals surface area contributed by atoms with Crippen LogP contribution in [0.25, 0.3) is 0 Å². The van der Waals surface area contributed by atoms with Gasteiger partial charge in [-0.3, -0.25) is 23.4 Å². The van der Waals surface area contributed by atoms with Crippen LogP contribution >= 0.6 is 7.82 Å². The molecule has 76 heavy (non-hydrogen) atoms. The Kier molecular flexibility index (Phi) is 55.7. The summed E-state index contributed by atoms with van der Waals surface area (Å²) in [5, 5.41) is 9.80. The normalized spacial score (nSPS) is 13.8. The van der Waals surface area contributed by atoms with Crippen LogP contribution in [0.15, 0.2) is 72.9 Å². The summed E-state index contributed by atoms with van der Waals surface area (Å²) in [4.78, 5) is 48.6. The minimum atomic E-state index is -4.77. The molecule has 3 atom stereocenters. The molecule has 0 fully saturated rings. The third kappa shape index (κ3) is 55.7. The van der Waals surface area contributed by atoms with Gasteiger partial charge in [0.2, 0.25) is 0 Å². The molecule has 0 rings (SSSR count). The summed E-state index contributed by atoms with van der Waals surface area (Å²) in [6.07, 6.45) is 65.9. The number of allylic oxidation sites excluding steroid dienone is 12. The molecule has 0 heterocycles. The van der Waals surface area contributed by atoms with E-state index in [-0.39, 0.29) is 25.9 Å². The second-order valence-corrected chi connectivity index (χ2v) is 21.9. The van der Waals surface area contributed by atoms with Crippen molar-refractivity contribution >= 4 is 25.7 Å². The molecule has 0 aromatic rings. The van der Waals surface area contributed by atoms with E-state index in [0.717, 1.165) is 77.0 Å². The molecule has 0 saturated heterocycles. The van der Waals surface area contributed by atoms with Crippen molar-refractivity contribution in [1.29, 1.82) is 0 Å². The van der Waals surface area contributed by atoms with Gasteiger partial charge in [0.15, 0.2) is 6.10 Å². The van der Waals surface area contributed by atoms with Crippen LogP contribution in [-0.2, 0) is 42.2 Å². The highest BCUT2D eigenvalue weighted by molar-refractivity contribution is 7.47. The first-order chi connectivity index (χ1) is 37.2. The zero-order valence-corrected chi connectivity index (χ0v) is 49.6. The monoisotopic (exact) mass is 1090 g/mol. The zero-order valence-electron chi connectivity index (χ0n) is 48.7. The highest BCUT2D eigenvalue weighted by Gasteiger charge is 2.28. The van der Waals surface area contributed by atoms with Gasteiger partial charge in [-0.05, 0) is 77.0 Å². The van der Waals surface area contributed by atoms with Gasteiger partial charge in [-0.2, -0.15) is 0 Å². The van der Waals surface area contributed by atoms with Crippen LogP contribution in [0, 0.1) is 0 Å². The summed E-state index contributed by atoms with van der Waals surface area (Å²) >= 11 is 0. The molecule has 0 aromatic heterocycles. The Morgan fingerprint density at radius 3 is 1.16 bits per heavy atom. The van der Waals surface area contributed by atoms with Gasteiger partial charge >= 0.3 is 25.7 Å². The number of hydrogen-bond donors (Lipinski definition) is 2. The lowest BCUT2D eigenvalue weighted by Crippen LogP contribution is -2.30. The van der Waals surface area contributed by atoms with Crippen LogP contribution in [0.2, 0.25) is 0 Å². The Morgan fingerprint density at radius 1 is 0.382 bits per heavy atom. The average Bonchev–Trinajstić information content (AvgIpc) is 3.41. The fraction of sp³-hybridized carbons (Fsp3) is 0.766. The largest absolute Gasteiger partial charge is 0.472 e. The van der Waals surface area contributed by atoms with E-state index in [0.29, 0.717) is 19.3 Å². The Labute approximate surface area is 465 Å². The van der Waals surface area contributed by atoms with Crippen molar-refractivity contribution in [2.75, 3.05) is 26.4 Å². The molecule has 12 heteroatoms. The lowest BCUT2D eigenvalue weighted by atomic mass is 10.0. The minimum absolute atomic E-state index is 0.0551. The van der Waals surface area contributed by atoms with Gasteiger partial charge in [0.25, 0.3) is 0 Å². The van der Waals surface area contributed by atoms with Crippen LogP contribution in [-0.4, -0.2) is 66.5 Å². The highest BCUT2D eigenvalue weighted by Crippen LogP contribution is 2.43. The number of esters is 3. The molecule has 0 radical (unpaired) electrons. The molecule has 3 unspecified atom stereocenters. The third-order valence-corrected chi connectivity index (χ3v) is 14.1. The summed E-state index contributed by atoms with van der Waals surface area (Å²) in [5.41, 5.74) is 0. The van der Waals surface area contributed by atoms with Gasteiger partial charge in [0.1, 0.15) is 12.7 Å². The van der Waals surface area contributed by atoms with E-state index in [1.54, 1.807) is 0 Å². The van der Waals surface area contributed by atoms with Gasteiger partial charge in [-0.15, -0.1) is 0 Å². The number of phosphoric ester groups is 1. The fourth-order valence-corrected chi connectivity index (χ4v) is 9.24. The predicted octanol–water partition coefficient (Wildman–Crippen LogP) is 18.5. The van der Waals surface area contributed by atoms with Crippen LogP contribution in [0.4, 0.5) is 0 Å². The van der Waals surface area contributed by atoms with Crippen molar-refractivity contribution in [3.63, 3.8) is 0 Å². The maximum Gasteiger partial charge on any atom is 0.472 e. The summed E-state index contributed by atoms with van der Waals surface area (Å²) in [6.45, 7) is 4.45. The van der Waals surface area contributed by atoms with Gasteiger partial charge < -0.3 is 24.2 Å². The van der Waals surface area contributed by atoms with E-state index in [1.807, 2.05) is 12.2 Å². The van der Waals surface area contributed by atoms with Crippen molar-refractivity contribution in [1.82, 2.24) is 0 Å². The first kappa shape index (κ1) is 72.9. The molecule has 0 aliphatic carbocycles. The van der Waals surface area contributed by atoms with Crippen molar-refractivity contribution < 1.29 is 52.2 Å². The predicted molar refractivity (Wildman–Crippen MR) is 316 cm³/mol. The quantitative estimate of drug-likeness (QED) is 0.0197. The number of carbonyl (C=O) groups excluding carboxylic acids is 3. The van der Waals surface area contributed by atoms with E-state index in [1.165, 1.54) is 141 Å². The lowest BCUT2D eigenvalue weighted by molar-refractivity contribution is -0.161. The SMILES string of the molecule is CC/C=C\C/C=C\C/C=C\C/C=C\CCC(=O)OC(CO)COP(=O)(O)OCC(COC(=O)CCCCCCCCC/C=C\C/C=C\CCCCC)OC(=O)CCCCCCCCCCCCCCCCCCCCC. The number of aliphatic hydroxyl groups is 1. The Morgan fingerprint density at radius 2 is 0.711 bits per heavy atom. The van der Waals surface area contributed by atoms with E-state index >= 15 is 0 Å². The number of carbonyl (C=O) groups is 3. The number of phosphoric acid groups is 1. The third-order valence-electron chi connectivity index (χ3n) is 13.1. The molecule has 0 saturated carbocycles. The number of ether oxygens (including phenoxy) is 3. The molecule has 0 aliphatic heterocycles. The molecule has 2 N–H and O–H groups in total. The second kappa shape index (κ2) is 58.1. The van der Waals surface area contributed by atoms with Gasteiger partial charge in [0, 0.05) is 19.3 Å². The Bertz CT molecular complexity index is 1550. The van der Waals surface area contributed by atoms with Crippen LogP contribution < -0.4 is 0 Å². The van der Waals surface area contributed by atoms with Crippen molar-refractivity contribution in [3.05, 3.63) is 72.9 Å². The summed E-state index contributed by atoms with van der Waals surface area (Å²) < 4.78 is 39.5. The van der Waals surface area contributed by atoms with Crippen molar-refractivity contribution in [2.24, 2.45) is 0 Å². The van der Waals surface area contributed by atoms with Crippen LogP contribution in [0.3, 0.4) is 0 Å². The minimum Gasteiger partial charge on any atom is -0.462 e. The molecule has 440 valence electrons. The second-order valence-electron chi connectivity index (χ2n) is 20.5. The molecular formula is C64H113O11P. The number of unbranched alkanes of at least 4 members (excludes halogenated alkanes) is 28. The number of rotatable bonds is 57. The maximum absolute atomic E-state index is 12.9. The summed E-state index contributed by atoms with van der Waals surface area (Å²) in [7, 11) is -4.77. The zero-order chi connectivity index (χ0) is 55.5. The molecular weight excluding hydrogens is 976 g/mol. The first-order valence-electron chi connectivity index (χ1n) is 30.8. The summed E-state index contributed by atoms with van der Waals surface area (Å²) in [5.74, 6) is -1.55. The molecule has 11 nitrogen and oxygen atoms in total. The lowest BCUT2D eigenvalue weighted by Gasteiger charge is -2.21. The fourth-order valence-electron chi connectivity index (χ4n) is 8.46. The molecule has 0 aromatic carbocycles. The standard InChI is InChI=1S/C64H113O11P/c1-4-7-10-13-16-19-22-25-27-29-30-32-34-37-40-43-46-49-52-55-64(68)75-61(57-71-62(66)53-50-47-44-41-38-36-33-31-28-26-23-20-17-14-11-8-5-2)59-73-76(69,70)72-58-60(56-65)74-63(67)54-51-48-45-42-39-35-24-21-18-15-12-9-6-3/h9,12,17-18,20-21,26,28,35,39,45,48,60-61,65H,4-8,10-11,13-16,19,22-25,27,29-34,36-38,40-44,46-47,49-59H2,1-3H3,(H,69,70)/b12-9-,20-17-,21-18-,28-26-,39-35-,48-45-. The molecule has 0 amide bonds. The Hall–Kier alpha value is -3.08. The smallest absolute Gasteiger partial charge is 0.462 e. The van der Waals surface area contributed by atoms with Crippen LogP contribution in [0.5, 0.6) is 0 Å². The van der Waals surface area contributed by atoms with E-state index in [2.05, 4.69) is 81.5 Å². The van der Waals surface area contributed by atoms with Gasteiger partial charge in [-0.25, -0.2) is 4.57 Å². The van der Waals surface area contributed by atoms with Gasteiger partial charge in [0.05, 0.1) is 19.8 Å². The first-order valence-corrected chi connectivity index (χ1v) is 32.3. The molecule has 0 spiro atoms. The average molecular weight is 1090 g/mol. The van der Waals surface area contributed by atoms with E-state index < -0.39 is 57.8 Å². The van der Waals surface area contributed by atoms with Crippen molar-refractivity contribution in [3.8, 4) is 0 Å². The maximum atomic E-state index is 12.9. The number of hydrogen-bond acceptors (Lipinski definition) is 10. The topological polar surface area (TPSA) is 155 Å². The molecule has 0 aliphatic rings. The van der Waals surface area contributed by atoms with Crippen LogP contribution in [0.1, 0.15) is 278 Å². The van der Waals surface area contributed by atoms with Gasteiger partial charge in [-0.1, -0.05) is 254 Å².